The zero-order valence-electron chi connectivity index (χ0n) is 6.63. The minimum Gasteiger partial charge on any atom is -0.472 e. The van der Waals surface area contributed by atoms with E-state index in [2.05, 4.69) is 0 Å². The fourth-order valence-corrected chi connectivity index (χ4v) is 0.858. The SMILES string of the molecule is Cc1cocc1C(=O)C(C)N. The summed E-state index contributed by atoms with van der Waals surface area (Å²) in [5, 5.41) is 0. The van der Waals surface area contributed by atoms with Crippen LogP contribution in [0.1, 0.15) is 22.8 Å². The Balaban J connectivity index is 2.93. The van der Waals surface area contributed by atoms with E-state index in [-0.39, 0.29) is 5.78 Å². The first-order chi connectivity index (χ1) is 5.13. The van der Waals surface area contributed by atoms with Crippen LogP contribution in [0.3, 0.4) is 0 Å². The second-order valence-electron chi connectivity index (χ2n) is 2.62. The third-order valence-corrected chi connectivity index (χ3v) is 1.53. The van der Waals surface area contributed by atoms with Gasteiger partial charge in [0.05, 0.1) is 17.9 Å². The Morgan fingerprint density at radius 1 is 1.64 bits per heavy atom. The Labute approximate surface area is 65.2 Å². The van der Waals surface area contributed by atoms with Gasteiger partial charge in [-0.15, -0.1) is 0 Å². The Morgan fingerprint density at radius 3 is 2.64 bits per heavy atom. The van der Waals surface area contributed by atoms with Crippen LogP contribution in [0.2, 0.25) is 0 Å². The van der Waals surface area contributed by atoms with E-state index in [1.165, 1.54) is 12.5 Å². The molecule has 0 radical (unpaired) electrons. The van der Waals surface area contributed by atoms with E-state index in [9.17, 15) is 4.79 Å². The smallest absolute Gasteiger partial charge is 0.182 e. The molecular formula is C8H11NO2. The molecule has 0 amide bonds. The topological polar surface area (TPSA) is 56.2 Å². The maximum atomic E-state index is 11.2. The van der Waals surface area contributed by atoms with E-state index in [0.29, 0.717) is 5.56 Å². The third-order valence-electron chi connectivity index (χ3n) is 1.53. The summed E-state index contributed by atoms with van der Waals surface area (Å²) in [6.45, 7) is 3.48. The van der Waals surface area contributed by atoms with Crippen molar-refractivity contribution in [3.8, 4) is 0 Å². The van der Waals surface area contributed by atoms with Crippen molar-refractivity contribution in [1.29, 1.82) is 0 Å². The highest BCUT2D eigenvalue weighted by Gasteiger charge is 2.14. The standard InChI is InChI=1S/C8H11NO2/c1-5-3-11-4-7(5)8(10)6(2)9/h3-4,6H,9H2,1-2H3. The molecule has 1 atom stereocenters. The van der Waals surface area contributed by atoms with E-state index in [4.69, 9.17) is 10.2 Å². The van der Waals surface area contributed by atoms with Gasteiger partial charge in [-0.25, -0.2) is 0 Å². The first-order valence-corrected chi connectivity index (χ1v) is 3.45. The van der Waals surface area contributed by atoms with Gasteiger partial charge < -0.3 is 10.2 Å². The Bertz CT molecular complexity index is 263. The minimum absolute atomic E-state index is 0.0729. The van der Waals surface area contributed by atoms with Crippen molar-refractivity contribution in [2.45, 2.75) is 19.9 Å². The summed E-state index contributed by atoms with van der Waals surface area (Å²) in [6.07, 6.45) is 2.97. The molecule has 0 aliphatic rings. The van der Waals surface area contributed by atoms with Gasteiger partial charge in [0.2, 0.25) is 0 Å². The van der Waals surface area contributed by atoms with Gasteiger partial charge in [-0.05, 0) is 19.4 Å². The van der Waals surface area contributed by atoms with Gasteiger partial charge in [0.1, 0.15) is 6.26 Å². The van der Waals surface area contributed by atoms with Gasteiger partial charge in [-0.1, -0.05) is 0 Å². The van der Waals surface area contributed by atoms with Crippen molar-refractivity contribution < 1.29 is 9.21 Å². The molecule has 60 valence electrons. The van der Waals surface area contributed by atoms with Crippen LogP contribution in [-0.2, 0) is 0 Å². The Hall–Kier alpha value is -1.09. The van der Waals surface area contributed by atoms with E-state index in [1.807, 2.05) is 6.92 Å². The van der Waals surface area contributed by atoms with Gasteiger partial charge in [0, 0.05) is 0 Å². The zero-order valence-corrected chi connectivity index (χ0v) is 6.63. The molecule has 0 aliphatic heterocycles. The molecule has 1 aromatic rings. The van der Waals surface area contributed by atoms with Crippen LogP contribution in [0.15, 0.2) is 16.9 Å². The van der Waals surface area contributed by atoms with E-state index >= 15 is 0 Å². The number of rotatable bonds is 2. The summed E-state index contributed by atoms with van der Waals surface area (Å²) in [7, 11) is 0. The highest BCUT2D eigenvalue weighted by molar-refractivity contribution is 6.00. The zero-order chi connectivity index (χ0) is 8.43. The highest BCUT2D eigenvalue weighted by atomic mass is 16.3. The van der Waals surface area contributed by atoms with Gasteiger partial charge in [0.25, 0.3) is 0 Å². The number of furan rings is 1. The molecule has 1 unspecified atom stereocenters. The predicted octanol–water partition coefficient (Wildman–Crippen LogP) is 1.12. The molecule has 0 spiro atoms. The number of ketones is 1. The minimum atomic E-state index is -0.453. The monoisotopic (exact) mass is 153 g/mol. The van der Waals surface area contributed by atoms with Crippen LogP contribution < -0.4 is 5.73 Å². The lowest BCUT2D eigenvalue weighted by Crippen LogP contribution is -2.26. The molecule has 0 bridgehead atoms. The van der Waals surface area contributed by atoms with Crippen molar-refractivity contribution in [1.82, 2.24) is 0 Å². The van der Waals surface area contributed by atoms with Crippen LogP contribution in [0.5, 0.6) is 0 Å². The second-order valence-corrected chi connectivity index (χ2v) is 2.62. The number of nitrogens with two attached hydrogens (primary N) is 1. The van der Waals surface area contributed by atoms with Crippen LogP contribution in [0.25, 0.3) is 0 Å². The molecule has 2 N–H and O–H groups in total. The fourth-order valence-electron chi connectivity index (χ4n) is 0.858. The van der Waals surface area contributed by atoms with Crippen molar-refractivity contribution in [3.05, 3.63) is 23.7 Å². The summed E-state index contributed by atoms with van der Waals surface area (Å²) in [5.74, 6) is -0.0729. The largest absolute Gasteiger partial charge is 0.472 e. The van der Waals surface area contributed by atoms with Crippen molar-refractivity contribution in [2.75, 3.05) is 0 Å². The molecular weight excluding hydrogens is 142 g/mol. The van der Waals surface area contributed by atoms with Crippen LogP contribution in [0.4, 0.5) is 0 Å². The summed E-state index contributed by atoms with van der Waals surface area (Å²) in [6, 6.07) is -0.453. The number of Topliss-reactive ketones (excluding diaryl/α,β-unsaturated/α-hetero) is 1. The predicted molar refractivity (Wildman–Crippen MR) is 41.4 cm³/mol. The quantitative estimate of drug-likeness (QED) is 0.647. The van der Waals surface area contributed by atoms with Gasteiger partial charge in [-0.3, -0.25) is 4.79 Å². The first kappa shape index (κ1) is 8.01. The molecule has 0 aromatic carbocycles. The number of carbonyl (C=O) groups excluding carboxylic acids is 1. The van der Waals surface area contributed by atoms with Crippen molar-refractivity contribution >= 4 is 5.78 Å². The molecule has 1 rings (SSSR count). The lowest BCUT2D eigenvalue weighted by molar-refractivity contribution is 0.0967. The van der Waals surface area contributed by atoms with Crippen LogP contribution in [0, 0.1) is 6.92 Å². The first-order valence-electron chi connectivity index (χ1n) is 3.45. The maximum absolute atomic E-state index is 11.2. The normalized spacial score (nSPS) is 13.0. The van der Waals surface area contributed by atoms with Gasteiger partial charge in [0.15, 0.2) is 5.78 Å². The number of hydrogen-bond donors (Lipinski definition) is 1. The average Bonchev–Trinajstić information content (AvgIpc) is 2.33. The number of carbonyl (C=O) groups is 1. The molecule has 3 nitrogen and oxygen atoms in total. The molecule has 0 aliphatic carbocycles. The lowest BCUT2D eigenvalue weighted by Gasteiger charge is -2.00. The molecule has 0 saturated heterocycles. The van der Waals surface area contributed by atoms with Gasteiger partial charge >= 0.3 is 0 Å². The lowest BCUT2D eigenvalue weighted by atomic mass is 10.1. The fraction of sp³-hybridized carbons (Fsp3) is 0.375. The third kappa shape index (κ3) is 1.49. The molecule has 0 saturated carbocycles. The summed E-state index contributed by atoms with van der Waals surface area (Å²) >= 11 is 0. The molecule has 1 heterocycles. The summed E-state index contributed by atoms with van der Waals surface area (Å²) in [5.41, 5.74) is 6.83. The summed E-state index contributed by atoms with van der Waals surface area (Å²) < 4.78 is 4.84. The Kier molecular flexibility index (Phi) is 2.10. The average molecular weight is 153 g/mol. The molecule has 0 fully saturated rings. The van der Waals surface area contributed by atoms with E-state index in [0.717, 1.165) is 5.56 Å². The number of aryl methyl sites for hydroxylation is 1. The molecule has 1 aromatic heterocycles. The van der Waals surface area contributed by atoms with Crippen LogP contribution in [-0.4, -0.2) is 11.8 Å². The van der Waals surface area contributed by atoms with Crippen molar-refractivity contribution in [2.24, 2.45) is 5.73 Å². The number of hydrogen-bond acceptors (Lipinski definition) is 3. The van der Waals surface area contributed by atoms with Crippen molar-refractivity contribution in [3.63, 3.8) is 0 Å². The van der Waals surface area contributed by atoms with Gasteiger partial charge in [-0.2, -0.15) is 0 Å². The van der Waals surface area contributed by atoms with Crippen LogP contribution >= 0.6 is 0 Å². The summed E-state index contributed by atoms with van der Waals surface area (Å²) in [4.78, 5) is 11.2. The van der Waals surface area contributed by atoms with E-state index < -0.39 is 6.04 Å². The Morgan fingerprint density at radius 2 is 2.27 bits per heavy atom. The van der Waals surface area contributed by atoms with E-state index in [1.54, 1.807) is 6.92 Å². The molecule has 11 heavy (non-hydrogen) atoms. The molecule has 3 heteroatoms. The maximum Gasteiger partial charge on any atom is 0.182 e. The second kappa shape index (κ2) is 2.88. The highest BCUT2D eigenvalue weighted by Crippen LogP contribution is 2.10.